The Morgan fingerprint density at radius 2 is 1.62 bits per heavy atom. The van der Waals surface area contributed by atoms with Gasteiger partial charge < -0.3 is 15.7 Å². The van der Waals surface area contributed by atoms with E-state index in [4.69, 9.17) is 0 Å². The number of phenols is 1. The quantitative estimate of drug-likeness (QED) is 0.555. The van der Waals surface area contributed by atoms with E-state index in [2.05, 4.69) is 19.4 Å². The van der Waals surface area contributed by atoms with E-state index in [0.29, 0.717) is 11.6 Å². The van der Waals surface area contributed by atoms with Gasteiger partial charge in [-0.3, -0.25) is 0 Å². The highest BCUT2D eigenvalue weighted by Crippen LogP contribution is 2.35. The van der Waals surface area contributed by atoms with Crippen LogP contribution < -0.4 is 10.6 Å². The lowest BCUT2D eigenvalue weighted by Crippen LogP contribution is -2.22. The molecule has 10 heteroatoms. The second kappa shape index (κ2) is 7.28. The molecule has 8 nitrogen and oxygen atoms in total. The van der Waals surface area contributed by atoms with E-state index in [1.807, 2.05) is 30.3 Å². The van der Waals surface area contributed by atoms with E-state index in [9.17, 15) is 13.5 Å². The number of para-hydroxylation sites is 2. The summed E-state index contributed by atoms with van der Waals surface area (Å²) < 4.78 is 34.0. The molecule has 0 saturated carbocycles. The van der Waals surface area contributed by atoms with Crippen molar-refractivity contribution in [2.75, 3.05) is 24.7 Å². The number of aromatic hydroxyl groups is 1. The Morgan fingerprint density at radius 1 is 0.962 bits per heavy atom. The van der Waals surface area contributed by atoms with Crippen molar-refractivity contribution in [3.05, 3.63) is 48.5 Å². The number of phenolic OH excluding ortho intramolecular Hbond substituents is 1. The molecule has 26 heavy (non-hydrogen) atoms. The van der Waals surface area contributed by atoms with Gasteiger partial charge in [-0.25, -0.2) is 12.7 Å². The van der Waals surface area contributed by atoms with Crippen LogP contribution in [0, 0.1) is 0 Å². The predicted molar refractivity (Wildman–Crippen MR) is 102 cm³/mol. The second-order valence-corrected chi connectivity index (χ2v) is 8.17. The van der Waals surface area contributed by atoms with Gasteiger partial charge in [0.25, 0.3) is 0 Å². The lowest BCUT2D eigenvalue weighted by molar-refractivity contribution is 0.454. The molecular weight excluding hydrogens is 374 g/mol. The van der Waals surface area contributed by atoms with Gasteiger partial charge in [-0.2, -0.15) is 8.75 Å². The molecule has 2 aromatic carbocycles. The Balaban J connectivity index is 1.91. The molecule has 0 bridgehead atoms. The fraction of sp³-hybridized carbons (Fsp3) is 0.125. The highest BCUT2D eigenvalue weighted by Gasteiger charge is 2.23. The first-order chi connectivity index (χ1) is 12.4. The summed E-state index contributed by atoms with van der Waals surface area (Å²) in [5, 5.41) is 16.5. The highest BCUT2D eigenvalue weighted by molar-refractivity contribution is 7.89. The van der Waals surface area contributed by atoms with Gasteiger partial charge in [0.15, 0.2) is 17.4 Å². The third-order valence-corrected chi connectivity index (χ3v) is 5.91. The van der Waals surface area contributed by atoms with E-state index in [0.717, 1.165) is 21.7 Å². The zero-order valence-corrected chi connectivity index (χ0v) is 15.7. The van der Waals surface area contributed by atoms with Crippen LogP contribution in [0.5, 0.6) is 5.75 Å². The van der Waals surface area contributed by atoms with Crippen LogP contribution >= 0.6 is 11.7 Å². The number of hydrogen-bond donors (Lipinski definition) is 3. The molecule has 136 valence electrons. The molecule has 0 amide bonds. The second-order valence-electron chi connectivity index (χ2n) is 5.52. The van der Waals surface area contributed by atoms with Crippen LogP contribution in [0.2, 0.25) is 0 Å². The molecule has 0 radical (unpaired) electrons. The minimum atomic E-state index is -3.77. The minimum Gasteiger partial charge on any atom is -0.504 e. The van der Waals surface area contributed by atoms with Gasteiger partial charge in [-0.15, -0.1) is 0 Å². The Bertz CT molecular complexity index is 1000. The molecule has 0 atom stereocenters. The average molecular weight is 391 g/mol. The van der Waals surface area contributed by atoms with Gasteiger partial charge in [-0.1, -0.05) is 24.3 Å². The van der Waals surface area contributed by atoms with Gasteiger partial charge in [-0.05, 0) is 24.3 Å². The zero-order chi connectivity index (χ0) is 18.7. The Hall–Kier alpha value is -2.69. The number of nitrogens with one attached hydrogen (secondary N) is 2. The third kappa shape index (κ3) is 3.62. The number of aromatic nitrogens is 2. The van der Waals surface area contributed by atoms with E-state index < -0.39 is 10.0 Å². The summed E-state index contributed by atoms with van der Waals surface area (Å²) in [5.74, 6) is 0.481. The minimum absolute atomic E-state index is 0.187. The number of hydrogen-bond acceptors (Lipinski definition) is 8. The summed E-state index contributed by atoms with van der Waals surface area (Å²) in [4.78, 5) is -0.187. The molecule has 0 spiro atoms. The van der Waals surface area contributed by atoms with Crippen LogP contribution in [0.15, 0.2) is 53.4 Å². The highest BCUT2D eigenvalue weighted by atomic mass is 32.2. The predicted octanol–water partition coefficient (Wildman–Crippen LogP) is 2.98. The molecule has 0 fully saturated rings. The summed E-state index contributed by atoms with van der Waals surface area (Å²) in [5.41, 5.74) is 1.05. The SMILES string of the molecule is CN(C)S(=O)(=O)c1cccc(Nc2nsnc2Nc2ccccc2)c1O. The maximum absolute atomic E-state index is 12.3. The molecule has 0 aliphatic heterocycles. The maximum Gasteiger partial charge on any atom is 0.246 e. The number of sulfonamides is 1. The summed E-state index contributed by atoms with van der Waals surface area (Å²) in [7, 11) is -0.966. The molecule has 0 saturated heterocycles. The molecule has 0 aliphatic rings. The van der Waals surface area contributed by atoms with Crippen LogP contribution in [-0.4, -0.2) is 40.7 Å². The van der Waals surface area contributed by atoms with Gasteiger partial charge in [0, 0.05) is 19.8 Å². The van der Waals surface area contributed by atoms with Gasteiger partial charge in [0.1, 0.15) is 4.90 Å². The fourth-order valence-electron chi connectivity index (χ4n) is 2.17. The summed E-state index contributed by atoms with van der Waals surface area (Å²) in [6.45, 7) is 0. The molecule has 0 aliphatic carbocycles. The molecule has 3 N–H and O–H groups in total. The van der Waals surface area contributed by atoms with E-state index in [-0.39, 0.29) is 16.3 Å². The first-order valence-corrected chi connectivity index (χ1v) is 9.73. The monoisotopic (exact) mass is 391 g/mol. The Labute approximate surface area is 155 Å². The van der Waals surface area contributed by atoms with Gasteiger partial charge >= 0.3 is 0 Å². The first kappa shape index (κ1) is 18.1. The number of nitrogens with zero attached hydrogens (tertiary/aromatic N) is 3. The summed E-state index contributed by atoms with van der Waals surface area (Å²) >= 11 is 0.992. The lowest BCUT2D eigenvalue weighted by atomic mass is 10.3. The van der Waals surface area contributed by atoms with Crippen molar-refractivity contribution in [1.82, 2.24) is 13.1 Å². The fourth-order valence-corrected chi connectivity index (χ4v) is 3.63. The average Bonchev–Trinajstić information content (AvgIpc) is 3.04. The van der Waals surface area contributed by atoms with Crippen molar-refractivity contribution in [2.45, 2.75) is 4.90 Å². The molecule has 1 heterocycles. The zero-order valence-electron chi connectivity index (χ0n) is 14.0. The van der Waals surface area contributed by atoms with Crippen LogP contribution in [0.25, 0.3) is 0 Å². The van der Waals surface area contributed by atoms with E-state index in [1.165, 1.54) is 20.2 Å². The lowest BCUT2D eigenvalue weighted by Gasteiger charge is -2.15. The third-order valence-electron chi connectivity index (χ3n) is 3.54. The van der Waals surface area contributed by atoms with Crippen molar-refractivity contribution in [2.24, 2.45) is 0 Å². The van der Waals surface area contributed by atoms with Crippen molar-refractivity contribution in [3.63, 3.8) is 0 Å². The Morgan fingerprint density at radius 3 is 2.27 bits per heavy atom. The van der Waals surface area contributed by atoms with Crippen molar-refractivity contribution < 1.29 is 13.5 Å². The van der Waals surface area contributed by atoms with Crippen molar-refractivity contribution in [3.8, 4) is 5.75 Å². The van der Waals surface area contributed by atoms with E-state index in [1.54, 1.807) is 12.1 Å². The number of anilines is 4. The number of rotatable bonds is 6. The molecule has 0 unspecified atom stereocenters. The normalized spacial score (nSPS) is 11.5. The topological polar surface area (TPSA) is 107 Å². The van der Waals surface area contributed by atoms with Crippen LogP contribution in [0.1, 0.15) is 0 Å². The molecule has 3 aromatic rings. The smallest absolute Gasteiger partial charge is 0.246 e. The standard InChI is InChI=1S/C16H17N5O3S2/c1-21(2)26(23,24)13-10-6-9-12(14(13)22)18-16-15(19-25-20-16)17-11-7-4-3-5-8-11/h3-10,22H,1-2H3,(H,17,19)(H,18,20). The van der Waals surface area contributed by atoms with Gasteiger partial charge in [0.2, 0.25) is 10.0 Å². The largest absolute Gasteiger partial charge is 0.504 e. The van der Waals surface area contributed by atoms with E-state index >= 15 is 0 Å². The molecular formula is C16H17N5O3S2. The molecule has 3 rings (SSSR count). The van der Waals surface area contributed by atoms with Crippen LogP contribution in [0.4, 0.5) is 23.0 Å². The Kier molecular flexibility index (Phi) is 5.07. The maximum atomic E-state index is 12.3. The van der Waals surface area contributed by atoms with Crippen molar-refractivity contribution in [1.29, 1.82) is 0 Å². The van der Waals surface area contributed by atoms with Crippen LogP contribution in [-0.2, 0) is 10.0 Å². The summed E-state index contributed by atoms with van der Waals surface area (Å²) in [6.07, 6.45) is 0. The van der Waals surface area contributed by atoms with Crippen LogP contribution in [0.3, 0.4) is 0 Å². The van der Waals surface area contributed by atoms with Crippen molar-refractivity contribution >= 4 is 44.8 Å². The summed E-state index contributed by atoms with van der Waals surface area (Å²) in [6, 6.07) is 13.9. The van der Waals surface area contributed by atoms with Gasteiger partial charge in [0.05, 0.1) is 17.4 Å². The first-order valence-electron chi connectivity index (χ1n) is 7.56. The number of benzene rings is 2. The molecule has 1 aromatic heterocycles.